The predicted octanol–water partition coefficient (Wildman–Crippen LogP) is 1.56. The standard InChI is InChI=1S/C12H12ClN3O2/c13-6-5-11(17)15-16-12(18)10-7-8-3-1-2-4-9(8)14-10/h1-4,7,14H,5-6H2,(H,15,17)(H,16,18). The lowest BCUT2D eigenvalue weighted by Crippen LogP contribution is -2.41. The molecule has 0 radical (unpaired) electrons. The first-order valence-electron chi connectivity index (χ1n) is 5.43. The number of rotatable bonds is 3. The number of aromatic nitrogens is 1. The number of carbonyl (C=O) groups is 2. The van der Waals surface area contributed by atoms with Crippen molar-refractivity contribution in [3.8, 4) is 0 Å². The van der Waals surface area contributed by atoms with E-state index in [-0.39, 0.29) is 18.2 Å². The molecule has 0 atom stereocenters. The number of para-hydroxylation sites is 1. The van der Waals surface area contributed by atoms with Gasteiger partial charge in [0.1, 0.15) is 5.69 Å². The number of hydrogen-bond donors (Lipinski definition) is 3. The molecule has 0 saturated heterocycles. The van der Waals surface area contributed by atoms with E-state index in [1.807, 2.05) is 24.3 Å². The van der Waals surface area contributed by atoms with Crippen LogP contribution >= 0.6 is 11.6 Å². The smallest absolute Gasteiger partial charge is 0.286 e. The summed E-state index contributed by atoms with van der Waals surface area (Å²) >= 11 is 5.40. The highest BCUT2D eigenvalue weighted by atomic mass is 35.5. The topological polar surface area (TPSA) is 74.0 Å². The van der Waals surface area contributed by atoms with Crippen molar-refractivity contribution in [3.63, 3.8) is 0 Å². The zero-order chi connectivity index (χ0) is 13.0. The van der Waals surface area contributed by atoms with Gasteiger partial charge in [0, 0.05) is 23.2 Å². The van der Waals surface area contributed by atoms with Crippen molar-refractivity contribution in [2.45, 2.75) is 6.42 Å². The number of aromatic amines is 1. The molecular weight excluding hydrogens is 254 g/mol. The van der Waals surface area contributed by atoms with E-state index < -0.39 is 5.91 Å². The van der Waals surface area contributed by atoms with Crippen molar-refractivity contribution in [1.82, 2.24) is 15.8 Å². The average Bonchev–Trinajstić information content (AvgIpc) is 2.80. The van der Waals surface area contributed by atoms with Crippen molar-refractivity contribution in [3.05, 3.63) is 36.0 Å². The summed E-state index contributed by atoms with van der Waals surface area (Å²) in [7, 11) is 0. The zero-order valence-electron chi connectivity index (χ0n) is 9.50. The van der Waals surface area contributed by atoms with Crippen LogP contribution in [0.15, 0.2) is 30.3 Å². The second-order valence-electron chi connectivity index (χ2n) is 3.71. The van der Waals surface area contributed by atoms with Crippen LogP contribution in [0.1, 0.15) is 16.9 Å². The highest BCUT2D eigenvalue weighted by molar-refractivity contribution is 6.18. The quantitative estimate of drug-likeness (QED) is 0.582. The SMILES string of the molecule is O=C(CCCl)NNC(=O)c1cc2ccccc2[nH]1. The summed E-state index contributed by atoms with van der Waals surface area (Å²) in [5, 5.41) is 0.940. The van der Waals surface area contributed by atoms with Gasteiger partial charge in [0.15, 0.2) is 0 Å². The number of halogens is 1. The number of carbonyl (C=O) groups excluding carboxylic acids is 2. The Morgan fingerprint density at radius 2 is 2.00 bits per heavy atom. The van der Waals surface area contributed by atoms with Gasteiger partial charge < -0.3 is 4.98 Å². The number of H-pyrrole nitrogens is 1. The third-order valence-electron chi connectivity index (χ3n) is 2.41. The van der Waals surface area contributed by atoms with Crippen molar-refractivity contribution in [2.75, 3.05) is 5.88 Å². The summed E-state index contributed by atoms with van der Waals surface area (Å²) in [5.74, 6) is -0.503. The highest BCUT2D eigenvalue weighted by Crippen LogP contribution is 2.14. The third kappa shape index (κ3) is 2.81. The molecule has 1 aromatic carbocycles. The fraction of sp³-hybridized carbons (Fsp3) is 0.167. The first-order valence-corrected chi connectivity index (χ1v) is 5.97. The Labute approximate surface area is 108 Å². The van der Waals surface area contributed by atoms with Crippen molar-refractivity contribution >= 4 is 34.3 Å². The average molecular weight is 266 g/mol. The molecule has 1 heterocycles. The molecular formula is C12H12ClN3O2. The zero-order valence-corrected chi connectivity index (χ0v) is 10.3. The summed E-state index contributed by atoms with van der Waals surface area (Å²) in [6, 6.07) is 9.26. The predicted molar refractivity (Wildman–Crippen MR) is 69.2 cm³/mol. The molecule has 5 nitrogen and oxygen atoms in total. The maximum absolute atomic E-state index is 11.7. The van der Waals surface area contributed by atoms with Crippen LogP contribution in [0.25, 0.3) is 10.9 Å². The Kier molecular flexibility index (Phi) is 3.84. The molecule has 2 rings (SSSR count). The Bertz CT molecular complexity index is 546. The fourth-order valence-electron chi connectivity index (χ4n) is 1.54. The van der Waals surface area contributed by atoms with Crippen LogP contribution in [0.5, 0.6) is 0 Å². The minimum absolute atomic E-state index is 0.161. The number of hydrazine groups is 1. The van der Waals surface area contributed by atoms with Gasteiger partial charge in [-0.25, -0.2) is 0 Å². The molecule has 0 aliphatic carbocycles. The van der Waals surface area contributed by atoms with Gasteiger partial charge >= 0.3 is 0 Å². The van der Waals surface area contributed by atoms with E-state index in [0.29, 0.717) is 5.69 Å². The molecule has 94 valence electrons. The van der Waals surface area contributed by atoms with Gasteiger partial charge in [-0.1, -0.05) is 18.2 Å². The first kappa shape index (κ1) is 12.4. The van der Waals surface area contributed by atoms with Crippen LogP contribution in [0.2, 0.25) is 0 Å². The van der Waals surface area contributed by atoms with Gasteiger partial charge in [-0.3, -0.25) is 20.4 Å². The molecule has 2 amide bonds. The minimum Gasteiger partial charge on any atom is -0.350 e. The second kappa shape index (κ2) is 5.55. The number of nitrogens with one attached hydrogen (secondary N) is 3. The van der Waals surface area contributed by atoms with E-state index in [1.54, 1.807) is 6.07 Å². The van der Waals surface area contributed by atoms with E-state index in [2.05, 4.69) is 15.8 Å². The molecule has 0 bridgehead atoms. The van der Waals surface area contributed by atoms with Gasteiger partial charge in [-0.15, -0.1) is 11.6 Å². The van der Waals surface area contributed by atoms with Gasteiger partial charge in [0.05, 0.1) is 0 Å². The van der Waals surface area contributed by atoms with E-state index in [9.17, 15) is 9.59 Å². The summed E-state index contributed by atoms with van der Waals surface area (Å²) < 4.78 is 0. The van der Waals surface area contributed by atoms with Crippen molar-refractivity contribution in [1.29, 1.82) is 0 Å². The van der Waals surface area contributed by atoms with Crippen LogP contribution in [-0.2, 0) is 4.79 Å². The Balaban J connectivity index is 2.02. The summed E-state index contributed by atoms with van der Waals surface area (Å²) in [5.41, 5.74) is 5.86. The van der Waals surface area contributed by atoms with Gasteiger partial charge in [0.25, 0.3) is 5.91 Å². The third-order valence-corrected chi connectivity index (χ3v) is 2.60. The van der Waals surface area contributed by atoms with Crippen molar-refractivity contribution in [2.24, 2.45) is 0 Å². The van der Waals surface area contributed by atoms with Crippen molar-refractivity contribution < 1.29 is 9.59 Å². The monoisotopic (exact) mass is 265 g/mol. The Hall–Kier alpha value is -2.01. The first-order chi connectivity index (χ1) is 8.70. The van der Waals surface area contributed by atoms with Crippen LogP contribution in [0.4, 0.5) is 0 Å². The molecule has 0 aliphatic heterocycles. The van der Waals surface area contributed by atoms with E-state index in [4.69, 9.17) is 11.6 Å². The summed E-state index contributed by atoms with van der Waals surface area (Å²) in [4.78, 5) is 25.8. The largest absolute Gasteiger partial charge is 0.350 e. The maximum atomic E-state index is 11.7. The molecule has 0 unspecified atom stereocenters. The second-order valence-corrected chi connectivity index (χ2v) is 4.09. The lowest BCUT2D eigenvalue weighted by molar-refractivity contribution is -0.121. The fourth-order valence-corrected chi connectivity index (χ4v) is 1.71. The molecule has 3 N–H and O–H groups in total. The Morgan fingerprint density at radius 3 is 2.72 bits per heavy atom. The Morgan fingerprint density at radius 1 is 1.22 bits per heavy atom. The lowest BCUT2D eigenvalue weighted by Gasteiger charge is -2.04. The number of benzene rings is 1. The number of fused-ring (bicyclic) bond motifs is 1. The van der Waals surface area contributed by atoms with Crippen LogP contribution < -0.4 is 10.9 Å². The van der Waals surface area contributed by atoms with Crippen LogP contribution in [0.3, 0.4) is 0 Å². The highest BCUT2D eigenvalue weighted by Gasteiger charge is 2.09. The summed E-state index contributed by atoms with van der Waals surface area (Å²) in [6.07, 6.45) is 0.161. The minimum atomic E-state index is -0.394. The van der Waals surface area contributed by atoms with Gasteiger partial charge in [-0.2, -0.15) is 0 Å². The molecule has 18 heavy (non-hydrogen) atoms. The molecule has 1 aromatic heterocycles. The lowest BCUT2D eigenvalue weighted by atomic mass is 10.2. The molecule has 0 saturated carbocycles. The molecule has 0 spiro atoms. The van der Waals surface area contributed by atoms with E-state index in [0.717, 1.165) is 10.9 Å². The molecule has 2 aromatic rings. The van der Waals surface area contributed by atoms with E-state index >= 15 is 0 Å². The molecule has 0 aliphatic rings. The molecule has 6 heteroatoms. The maximum Gasteiger partial charge on any atom is 0.286 e. The van der Waals surface area contributed by atoms with Gasteiger partial charge in [0.2, 0.25) is 5.91 Å². The van der Waals surface area contributed by atoms with Crippen LogP contribution in [-0.4, -0.2) is 22.7 Å². The van der Waals surface area contributed by atoms with Gasteiger partial charge in [-0.05, 0) is 12.1 Å². The molecule has 0 fully saturated rings. The number of hydrogen-bond acceptors (Lipinski definition) is 2. The normalized spacial score (nSPS) is 10.3. The summed E-state index contributed by atoms with van der Waals surface area (Å²) in [6.45, 7) is 0. The number of amides is 2. The van der Waals surface area contributed by atoms with E-state index in [1.165, 1.54) is 0 Å². The van der Waals surface area contributed by atoms with Crippen LogP contribution in [0, 0.1) is 0 Å². The number of alkyl halides is 1.